The van der Waals surface area contributed by atoms with Crippen molar-refractivity contribution >= 4 is 34.5 Å². The molecule has 11 heteroatoms. The van der Waals surface area contributed by atoms with Crippen molar-refractivity contribution in [1.82, 2.24) is 20.5 Å². The van der Waals surface area contributed by atoms with Gasteiger partial charge in [-0.2, -0.15) is 0 Å². The molecule has 0 radical (unpaired) electrons. The maximum absolute atomic E-state index is 13.8. The lowest BCUT2D eigenvalue weighted by Crippen LogP contribution is -2.52. The molecule has 8 N–H and O–H groups in total. The number of phenols is 1. The minimum atomic E-state index is -0.933. The number of H-pyrrole nitrogens is 1. The van der Waals surface area contributed by atoms with Gasteiger partial charge in [0.15, 0.2) is 0 Å². The number of fused-ring (bicyclic) bond motifs is 1. The number of carbonyl (C=O) groups excluding carboxylic acids is 4. The number of likely N-dealkylation sites (tertiary alicyclic amines) is 1. The summed E-state index contributed by atoms with van der Waals surface area (Å²) in [5, 5.41) is 16.1. The molecule has 3 aromatic carbocycles. The number of nitrogens with two attached hydrogens (primary N) is 2. The summed E-state index contributed by atoms with van der Waals surface area (Å²) in [4.78, 5) is 57.5. The number of para-hydroxylation sites is 1. The van der Waals surface area contributed by atoms with E-state index in [4.69, 9.17) is 11.5 Å². The molecule has 0 spiro atoms. The molecule has 1 saturated heterocycles. The van der Waals surface area contributed by atoms with Crippen LogP contribution in [-0.4, -0.2) is 63.3 Å². The van der Waals surface area contributed by atoms with Crippen LogP contribution in [0.25, 0.3) is 10.9 Å². The molecule has 1 aromatic heterocycles. The van der Waals surface area contributed by atoms with Crippen LogP contribution in [-0.2, 0) is 32.0 Å². The maximum Gasteiger partial charge on any atom is 0.243 e. The molecule has 1 aliphatic heterocycles. The largest absolute Gasteiger partial charge is 0.508 e. The minimum absolute atomic E-state index is 0.120. The van der Waals surface area contributed by atoms with E-state index in [0.29, 0.717) is 24.9 Å². The van der Waals surface area contributed by atoms with E-state index in [1.165, 1.54) is 17.0 Å². The third-order valence-corrected chi connectivity index (χ3v) is 8.21. The first-order valence-electron chi connectivity index (χ1n) is 15.0. The van der Waals surface area contributed by atoms with Gasteiger partial charge < -0.3 is 37.1 Å². The van der Waals surface area contributed by atoms with Crippen LogP contribution in [0.15, 0.2) is 85.1 Å². The van der Waals surface area contributed by atoms with Crippen molar-refractivity contribution in [2.75, 3.05) is 6.54 Å². The predicted molar refractivity (Wildman–Crippen MR) is 170 cm³/mol. The Morgan fingerprint density at radius 1 is 0.911 bits per heavy atom. The summed E-state index contributed by atoms with van der Waals surface area (Å²) in [7, 11) is 0. The zero-order valence-corrected chi connectivity index (χ0v) is 24.8. The van der Waals surface area contributed by atoms with E-state index in [2.05, 4.69) is 15.6 Å². The van der Waals surface area contributed by atoms with E-state index >= 15 is 0 Å². The van der Waals surface area contributed by atoms with E-state index in [9.17, 15) is 24.3 Å². The number of aromatic hydroxyl groups is 1. The SMILES string of the molecule is NC(=O)[C@H](Cc1ccccc1)NC(=O)C[C@@H](NC(=O)[C@@H]1CCCN1C(=O)[C@@H](N)Cc1ccc(O)cc1)c1c[nH]c2ccccc12. The fourth-order valence-corrected chi connectivity index (χ4v) is 5.89. The van der Waals surface area contributed by atoms with Gasteiger partial charge in [-0.25, -0.2) is 0 Å². The number of hydrogen-bond acceptors (Lipinski definition) is 6. The van der Waals surface area contributed by atoms with Crippen LogP contribution in [0.2, 0.25) is 0 Å². The quantitative estimate of drug-likeness (QED) is 0.143. The fraction of sp³-hybridized carbons (Fsp3) is 0.294. The van der Waals surface area contributed by atoms with Gasteiger partial charge >= 0.3 is 0 Å². The molecule has 11 nitrogen and oxygen atoms in total. The van der Waals surface area contributed by atoms with Crippen LogP contribution in [0.3, 0.4) is 0 Å². The molecule has 5 rings (SSSR count). The third-order valence-electron chi connectivity index (χ3n) is 8.21. The second kappa shape index (κ2) is 14.1. The lowest BCUT2D eigenvalue weighted by atomic mass is 10.0. The third kappa shape index (κ3) is 7.68. The molecule has 0 saturated carbocycles. The first-order chi connectivity index (χ1) is 21.7. The Hall–Kier alpha value is -5.16. The van der Waals surface area contributed by atoms with E-state index < -0.39 is 41.9 Å². The molecule has 234 valence electrons. The lowest BCUT2D eigenvalue weighted by molar-refractivity contribution is -0.139. The number of primary amides is 1. The second-order valence-corrected chi connectivity index (χ2v) is 11.4. The highest BCUT2D eigenvalue weighted by molar-refractivity contribution is 5.92. The van der Waals surface area contributed by atoms with Gasteiger partial charge in [0.25, 0.3) is 0 Å². The molecule has 4 atom stereocenters. The van der Waals surface area contributed by atoms with E-state index in [1.54, 1.807) is 18.3 Å². The Morgan fingerprint density at radius 2 is 1.60 bits per heavy atom. The fourth-order valence-electron chi connectivity index (χ4n) is 5.89. The summed E-state index contributed by atoms with van der Waals surface area (Å²) in [6.45, 7) is 0.387. The van der Waals surface area contributed by atoms with Crippen molar-refractivity contribution in [3.05, 3.63) is 102 Å². The summed E-state index contributed by atoms with van der Waals surface area (Å²) >= 11 is 0. The monoisotopic (exact) mass is 610 g/mol. The average molecular weight is 611 g/mol. The van der Waals surface area contributed by atoms with Crippen LogP contribution in [0.1, 0.15) is 42.0 Å². The number of carbonyl (C=O) groups is 4. The van der Waals surface area contributed by atoms with E-state index in [1.807, 2.05) is 54.6 Å². The Balaban J connectivity index is 1.31. The molecule has 4 aromatic rings. The van der Waals surface area contributed by atoms with Crippen molar-refractivity contribution in [3.8, 4) is 5.75 Å². The molecule has 0 unspecified atom stereocenters. The van der Waals surface area contributed by atoms with Gasteiger partial charge in [0.1, 0.15) is 17.8 Å². The number of phenolic OH excluding ortho intramolecular Hbond substituents is 1. The molecule has 0 bridgehead atoms. The number of hydrogen-bond donors (Lipinski definition) is 6. The molecule has 1 aliphatic rings. The molecular weight excluding hydrogens is 572 g/mol. The van der Waals surface area contributed by atoms with Gasteiger partial charge in [-0.3, -0.25) is 19.2 Å². The molecule has 4 amide bonds. The highest BCUT2D eigenvalue weighted by Crippen LogP contribution is 2.28. The minimum Gasteiger partial charge on any atom is -0.508 e. The van der Waals surface area contributed by atoms with E-state index in [0.717, 1.165) is 22.0 Å². The van der Waals surface area contributed by atoms with Gasteiger partial charge in [0.2, 0.25) is 23.6 Å². The molecule has 0 aliphatic carbocycles. The van der Waals surface area contributed by atoms with Crippen LogP contribution in [0.4, 0.5) is 0 Å². The molecular formula is C34H38N6O5. The highest BCUT2D eigenvalue weighted by Gasteiger charge is 2.37. The van der Waals surface area contributed by atoms with Crippen LogP contribution in [0.5, 0.6) is 5.75 Å². The van der Waals surface area contributed by atoms with Gasteiger partial charge in [0, 0.05) is 35.6 Å². The maximum atomic E-state index is 13.8. The first kappa shape index (κ1) is 31.3. The zero-order valence-electron chi connectivity index (χ0n) is 24.8. The predicted octanol–water partition coefficient (Wildman–Crippen LogP) is 2.19. The van der Waals surface area contributed by atoms with Crippen molar-refractivity contribution in [2.24, 2.45) is 11.5 Å². The summed E-state index contributed by atoms with van der Waals surface area (Å²) in [5.41, 5.74) is 15.1. The number of aromatic nitrogens is 1. The van der Waals surface area contributed by atoms with Crippen LogP contribution >= 0.6 is 0 Å². The Morgan fingerprint density at radius 3 is 2.33 bits per heavy atom. The summed E-state index contributed by atoms with van der Waals surface area (Å²) in [5.74, 6) is -1.73. The van der Waals surface area contributed by atoms with Gasteiger partial charge in [0.05, 0.1) is 18.5 Å². The smallest absolute Gasteiger partial charge is 0.243 e. The second-order valence-electron chi connectivity index (χ2n) is 11.4. The Bertz CT molecular complexity index is 1650. The number of amides is 4. The van der Waals surface area contributed by atoms with Crippen LogP contribution < -0.4 is 22.1 Å². The van der Waals surface area contributed by atoms with Crippen molar-refractivity contribution < 1.29 is 24.3 Å². The first-order valence-corrected chi connectivity index (χ1v) is 15.0. The summed E-state index contributed by atoms with van der Waals surface area (Å²) in [6, 6.07) is 19.9. The van der Waals surface area contributed by atoms with Crippen molar-refractivity contribution in [2.45, 2.75) is 56.3 Å². The molecule has 45 heavy (non-hydrogen) atoms. The number of nitrogens with zero attached hydrogens (tertiary/aromatic N) is 1. The zero-order chi connectivity index (χ0) is 31.9. The number of aromatic amines is 1. The van der Waals surface area contributed by atoms with Gasteiger partial charge in [-0.15, -0.1) is 0 Å². The molecule has 1 fully saturated rings. The standard InChI is InChI=1S/C34H38N6O5/c35-26(17-22-12-14-23(41)15-13-22)34(45)40-16-6-11-30(40)33(44)39-28(25-20-37-27-10-5-4-9-24(25)27)19-31(42)38-29(32(36)43)18-21-7-2-1-3-8-21/h1-5,7-10,12-15,20,26,28-30,37,41H,6,11,16-19,35H2,(H2,36,43)(H,38,42)(H,39,44)/t26-,28+,29-,30-/m0/s1. The molecule has 2 heterocycles. The number of rotatable bonds is 12. The lowest BCUT2D eigenvalue weighted by Gasteiger charge is -2.28. The topological polar surface area (TPSA) is 184 Å². The highest BCUT2D eigenvalue weighted by atomic mass is 16.3. The van der Waals surface area contributed by atoms with Crippen molar-refractivity contribution in [3.63, 3.8) is 0 Å². The van der Waals surface area contributed by atoms with Gasteiger partial charge in [-0.05, 0) is 48.6 Å². The van der Waals surface area contributed by atoms with Crippen molar-refractivity contribution in [1.29, 1.82) is 0 Å². The van der Waals surface area contributed by atoms with E-state index in [-0.39, 0.29) is 30.9 Å². The number of nitrogens with one attached hydrogen (secondary N) is 3. The van der Waals surface area contributed by atoms with Crippen LogP contribution in [0, 0.1) is 0 Å². The van der Waals surface area contributed by atoms with Gasteiger partial charge in [-0.1, -0.05) is 60.7 Å². The average Bonchev–Trinajstić information content (AvgIpc) is 3.70. The normalized spacial score (nSPS) is 16.6. The Labute approximate surface area is 261 Å². The summed E-state index contributed by atoms with van der Waals surface area (Å²) < 4.78 is 0. The number of benzene rings is 3. The summed E-state index contributed by atoms with van der Waals surface area (Å²) in [6.07, 6.45) is 3.17. The Kier molecular flexibility index (Phi) is 9.79.